The molecule has 2 N–H and O–H groups in total. The van der Waals surface area contributed by atoms with Crippen molar-refractivity contribution >= 4 is 16.8 Å². The van der Waals surface area contributed by atoms with E-state index in [4.69, 9.17) is 4.99 Å². The van der Waals surface area contributed by atoms with Gasteiger partial charge in [0.1, 0.15) is 0 Å². The predicted octanol–water partition coefficient (Wildman–Crippen LogP) is 3.75. The topological polar surface area (TPSA) is 71.3 Å². The van der Waals surface area contributed by atoms with Crippen molar-refractivity contribution in [3.63, 3.8) is 0 Å². The van der Waals surface area contributed by atoms with Crippen LogP contribution in [0.25, 0.3) is 5.69 Å². The molecule has 7 heteroatoms. The third-order valence-corrected chi connectivity index (χ3v) is 7.60. The van der Waals surface area contributed by atoms with Crippen LogP contribution in [0.3, 0.4) is 0 Å². The molecule has 1 fully saturated rings. The number of para-hydroxylation sites is 1. The zero-order valence-corrected chi connectivity index (χ0v) is 20.0. The Hall–Kier alpha value is -2.15. The van der Waals surface area contributed by atoms with Crippen molar-refractivity contribution in [2.24, 2.45) is 4.99 Å². The SMILES string of the molecule is CCNC(=NCCCc1cn(-c2ccccc2)nc1C)NC1CCCC(S(=O)CC)C1. The van der Waals surface area contributed by atoms with Crippen molar-refractivity contribution in [1.29, 1.82) is 0 Å². The second-order valence-corrected chi connectivity index (χ2v) is 10.2. The summed E-state index contributed by atoms with van der Waals surface area (Å²) in [6, 6.07) is 10.6. The normalized spacial score (nSPS) is 20.4. The second kappa shape index (κ2) is 12.0. The Bertz CT molecular complexity index is 864. The molecule has 1 aliphatic rings. The maximum absolute atomic E-state index is 12.2. The van der Waals surface area contributed by atoms with Crippen molar-refractivity contribution in [2.45, 2.75) is 70.6 Å². The van der Waals surface area contributed by atoms with Crippen LogP contribution in [0.5, 0.6) is 0 Å². The molecule has 170 valence electrons. The monoisotopic (exact) mass is 443 g/mol. The molecule has 2 aromatic rings. The number of hydrogen-bond donors (Lipinski definition) is 2. The van der Waals surface area contributed by atoms with Gasteiger partial charge in [0.05, 0.1) is 11.4 Å². The summed E-state index contributed by atoms with van der Waals surface area (Å²) >= 11 is 0. The lowest BCUT2D eigenvalue weighted by Gasteiger charge is -2.30. The highest BCUT2D eigenvalue weighted by molar-refractivity contribution is 7.85. The van der Waals surface area contributed by atoms with Gasteiger partial charge in [-0.15, -0.1) is 0 Å². The minimum Gasteiger partial charge on any atom is -0.357 e. The van der Waals surface area contributed by atoms with Crippen LogP contribution < -0.4 is 10.6 Å². The molecule has 0 aliphatic heterocycles. The summed E-state index contributed by atoms with van der Waals surface area (Å²) in [5.41, 5.74) is 3.44. The van der Waals surface area contributed by atoms with E-state index in [1.165, 1.54) is 5.56 Å². The molecule has 31 heavy (non-hydrogen) atoms. The minimum absolute atomic E-state index is 0.322. The molecule has 0 amide bonds. The van der Waals surface area contributed by atoms with E-state index < -0.39 is 10.8 Å². The van der Waals surface area contributed by atoms with Gasteiger partial charge in [0.2, 0.25) is 0 Å². The number of nitrogens with zero attached hydrogens (tertiary/aromatic N) is 3. The van der Waals surface area contributed by atoms with Gasteiger partial charge in [-0.2, -0.15) is 5.10 Å². The van der Waals surface area contributed by atoms with Gasteiger partial charge in [0, 0.05) is 47.1 Å². The number of aryl methyl sites for hydroxylation is 2. The van der Waals surface area contributed by atoms with Crippen molar-refractivity contribution in [1.82, 2.24) is 20.4 Å². The van der Waals surface area contributed by atoms with Gasteiger partial charge in [-0.1, -0.05) is 31.5 Å². The number of nitrogens with one attached hydrogen (secondary N) is 2. The Morgan fingerprint density at radius 1 is 1.26 bits per heavy atom. The van der Waals surface area contributed by atoms with Crippen LogP contribution in [0.4, 0.5) is 0 Å². The van der Waals surface area contributed by atoms with Gasteiger partial charge >= 0.3 is 0 Å². The van der Waals surface area contributed by atoms with Gasteiger partial charge < -0.3 is 10.6 Å². The fourth-order valence-electron chi connectivity index (χ4n) is 4.18. The summed E-state index contributed by atoms with van der Waals surface area (Å²) in [5.74, 6) is 1.64. The van der Waals surface area contributed by atoms with E-state index in [0.717, 1.165) is 74.7 Å². The van der Waals surface area contributed by atoms with Crippen LogP contribution in [0.15, 0.2) is 41.5 Å². The quantitative estimate of drug-likeness (QED) is 0.352. The lowest BCUT2D eigenvalue weighted by molar-refractivity contribution is 0.413. The summed E-state index contributed by atoms with van der Waals surface area (Å²) in [4.78, 5) is 4.80. The third-order valence-electron chi connectivity index (χ3n) is 5.86. The molecular weight excluding hydrogens is 406 g/mol. The van der Waals surface area contributed by atoms with E-state index >= 15 is 0 Å². The van der Waals surface area contributed by atoms with E-state index in [1.807, 2.05) is 29.8 Å². The van der Waals surface area contributed by atoms with Crippen molar-refractivity contribution < 1.29 is 4.21 Å². The average Bonchev–Trinajstić information content (AvgIpc) is 3.17. The van der Waals surface area contributed by atoms with E-state index in [2.05, 4.69) is 47.9 Å². The lowest BCUT2D eigenvalue weighted by atomic mass is 9.95. The first kappa shape index (κ1) is 23.5. The van der Waals surface area contributed by atoms with Crippen LogP contribution in [0, 0.1) is 6.92 Å². The minimum atomic E-state index is -0.703. The molecule has 3 atom stereocenters. The lowest BCUT2D eigenvalue weighted by Crippen LogP contribution is -2.46. The first-order chi connectivity index (χ1) is 15.1. The van der Waals surface area contributed by atoms with E-state index in [9.17, 15) is 4.21 Å². The van der Waals surface area contributed by atoms with E-state index in [-0.39, 0.29) is 0 Å². The Balaban J connectivity index is 1.52. The number of hydrogen-bond acceptors (Lipinski definition) is 3. The first-order valence-corrected chi connectivity index (χ1v) is 13.0. The molecule has 0 radical (unpaired) electrons. The molecule has 0 saturated heterocycles. The first-order valence-electron chi connectivity index (χ1n) is 11.6. The largest absolute Gasteiger partial charge is 0.357 e. The molecule has 1 aromatic heterocycles. The molecule has 3 unspecified atom stereocenters. The van der Waals surface area contributed by atoms with Gasteiger partial charge in [0.15, 0.2) is 5.96 Å². The molecular formula is C24H37N5OS. The fourth-order valence-corrected chi connectivity index (χ4v) is 5.53. The predicted molar refractivity (Wildman–Crippen MR) is 130 cm³/mol. The van der Waals surface area contributed by atoms with Crippen LogP contribution >= 0.6 is 0 Å². The third kappa shape index (κ3) is 6.92. The molecule has 6 nitrogen and oxygen atoms in total. The highest BCUT2D eigenvalue weighted by Gasteiger charge is 2.26. The Labute approximate surface area is 189 Å². The fraction of sp³-hybridized carbons (Fsp3) is 0.583. The molecule has 1 saturated carbocycles. The smallest absolute Gasteiger partial charge is 0.191 e. The number of benzene rings is 1. The van der Waals surface area contributed by atoms with Gasteiger partial charge in [0.25, 0.3) is 0 Å². The molecule has 0 spiro atoms. The zero-order chi connectivity index (χ0) is 22.1. The van der Waals surface area contributed by atoms with Crippen LogP contribution in [0.1, 0.15) is 57.2 Å². The Kier molecular flexibility index (Phi) is 9.13. The number of aliphatic imine (C=N–C) groups is 1. The molecule has 1 heterocycles. The van der Waals surface area contributed by atoms with Crippen molar-refractivity contribution in [3.8, 4) is 5.69 Å². The van der Waals surface area contributed by atoms with Crippen molar-refractivity contribution in [2.75, 3.05) is 18.8 Å². The zero-order valence-electron chi connectivity index (χ0n) is 19.1. The van der Waals surface area contributed by atoms with Gasteiger partial charge in [-0.25, -0.2) is 4.68 Å². The van der Waals surface area contributed by atoms with E-state index in [0.29, 0.717) is 11.3 Å². The summed E-state index contributed by atoms with van der Waals surface area (Å²) in [6.07, 6.45) is 8.39. The van der Waals surface area contributed by atoms with Gasteiger partial charge in [-0.3, -0.25) is 9.20 Å². The number of guanidine groups is 1. The van der Waals surface area contributed by atoms with Crippen LogP contribution in [-0.2, 0) is 17.2 Å². The highest BCUT2D eigenvalue weighted by Crippen LogP contribution is 2.23. The van der Waals surface area contributed by atoms with E-state index in [1.54, 1.807) is 0 Å². The summed E-state index contributed by atoms with van der Waals surface area (Å²) in [5, 5.41) is 11.9. The number of rotatable bonds is 9. The maximum atomic E-state index is 12.2. The number of aromatic nitrogens is 2. The van der Waals surface area contributed by atoms with Crippen molar-refractivity contribution in [3.05, 3.63) is 47.8 Å². The highest BCUT2D eigenvalue weighted by atomic mass is 32.2. The summed E-state index contributed by atoms with van der Waals surface area (Å²) < 4.78 is 14.2. The Morgan fingerprint density at radius 3 is 2.81 bits per heavy atom. The summed E-state index contributed by atoms with van der Waals surface area (Å²) in [6.45, 7) is 7.79. The van der Waals surface area contributed by atoms with Crippen LogP contribution in [0.2, 0.25) is 0 Å². The molecule has 0 bridgehead atoms. The molecule has 3 rings (SSSR count). The molecule has 1 aliphatic carbocycles. The Morgan fingerprint density at radius 2 is 2.06 bits per heavy atom. The summed E-state index contributed by atoms with van der Waals surface area (Å²) in [7, 11) is -0.703. The average molecular weight is 444 g/mol. The standard InChI is InChI=1S/C24H37N5OS/c1-4-25-24(27-21-12-9-15-23(17-21)31(30)5-2)26-16-10-11-20-18-29(28-19(20)3)22-13-7-6-8-14-22/h6-8,13-14,18,21,23H,4-5,9-12,15-17H2,1-3H3,(H2,25,26,27). The second-order valence-electron chi connectivity index (χ2n) is 8.18. The van der Waals surface area contributed by atoms with Crippen LogP contribution in [-0.4, -0.2) is 50.1 Å². The maximum Gasteiger partial charge on any atom is 0.191 e. The van der Waals surface area contributed by atoms with Gasteiger partial charge in [-0.05, 0) is 63.6 Å². The molecule has 1 aromatic carbocycles.